The predicted octanol–water partition coefficient (Wildman–Crippen LogP) is 3.87. The highest BCUT2D eigenvalue weighted by atomic mass is 79.9. The number of nitrogens with zero attached hydrogens (tertiary/aromatic N) is 3. The van der Waals surface area contributed by atoms with Crippen molar-refractivity contribution < 1.29 is 4.79 Å². The summed E-state index contributed by atoms with van der Waals surface area (Å²) in [6.45, 7) is 2.02. The summed E-state index contributed by atoms with van der Waals surface area (Å²) in [7, 11) is 0. The summed E-state index contributed by atoms with van der Waals surface area (Å²) in [5, 5.41) is 2.82. The molecule has 1 amide bonds. The van der Waals surface area contributed by atoms with Crippen LogP contribution in [-0.4, -0.2) is 29.0 Å². The summed E-state index contributed by atoms with van der Waals surface area (Å²) in [6.07, 6.45) is 8.17. The van der Waals surface area contributed by atoms with Crippen LogP contribution in [0.1, 0.15) is 36.2 Å². The number of hydrogen-bond acceptors (Lipinski definition) is 4. The third kappa shape index (κ3) is 4.28. The Morgan fingerprint density at radius 3 is 2.52 bits per heavy atom. The Kier molecular flexibility index (Phi) is 5.23. The lowest BCUT2D eigenvalue weighted by Crippen LogP contribution is -2.25. The van der Waals surface area contributed by atoms with E-state index in [2.05, 4.69) is 36.1 Å². The van der Waals surface area contributed by atoms with E-state index in [9.17, 15) is 4.79 Å². The van der Waals surface area contributed by atoms with Gasteiger partial charge in [-0.05, 0) is 31.0 Å². The molecule has 0 atom stereocenters. The lowest BCUT2D eigenvalue weighted by molar-refractivity contribution is 0.102. The fourth-order valence-corrected chi connectivity index (χ4v) is 3.06. The van der Waals surface area contributed by atoms with Crippen molar-refractivity contribution in [3.8, 4) is 0 Å². The Balaban J connectivity index is 1.67. The number of carbonyl (C=O) groups is 1. The van der Waals surface area contributed by atoms with Crippen LogP contribution < -0.4 is 10.2 Å². The van der Waals surface area contributed by atoms with Crippen LogP contribution >= 0.6 is 15.9 Å². The van der Waals surface area contributed by atoms with Gasteiger partial charge in [-0.1, -0.05) is 34.8 Å². The SMILES string of the molecule is O=C(Nc1cccc(Br)c1)c1cnc(N2CCCCCC2)cn1. The fourth-order valence-electron chi connectivity index (χ4n) is 2.66. The number of aromatic nitrogens is 2. The van der Waals surface area contributed by atoms with Gasteiger partial charge in [-0.3, -0.25) is 4.79 Å². The first-order chi connectivity index (χ1) is 11.2. The van der Waals surface area contributed by atoms with E-state index < -0.39 is 0 Å². The van der Waals surface area contributed by atoms with Crippen molar-refractivity contribution >= 4 is 33.3 Å². The maximum absolute atomic E-state index is 12.2. The molecule has 1 fully saturated rings. The van der Waals surface area contributed by atoms with E-state index in [1.54, 1.807) is 12.4 Å². The van der Waals surface area contributed by atoms with Gasteiger partial charge in [0.25, 0.3) is 5.91 Å². The molecule has 0 spiro atoms. The molecule has 1 saturated heterocycles. The van der Waals surface area contributed by atoms with E-state index >= 15 is 0 Å². The summed E-state index contributed by atoms with van der Waals surface area (Å²) >= 11 is 3.38. The molecule has 1 aromatic carbocycles. The van der Waals surface area contributed by atoms with Gasteiger partial charge in [0.05, 0.1) is 12.4 Å². The van der Waals surface area contributed by atoms with Gasteiger partial charge in [0.2, 0.25) is 0 Å². The zero-order valence-electron chi connectivity index (χ0n) is 12.8. The van der Waals surface area contributed by atoms with Crippen LogP contribution in [0.5, 0.6) is 0 Å². The van der Waals surface area contributed by atoms with Gasteiger partial charge in [-0.15, -0.1) is 0 Å². The second-order valence-electron chi connectivity index (χ2n) is 5.63. The van der Waals surface area contributed by atoms with Gasteiger partial charge in [0.15, 0.2) is 0 Å². The van der Waals surface area contributed by atoms with Gasteiger partial charge in [0.1, 0.15) is 11.5 Å². The molecule has 5 nitrogen and oxygen atoms in total. The van der Waals surface area contributed by atoms with Crippen LogP contribution in [0.4, 0.5) is 11.5 Å². The lowest BCUT2D eigenvalue weighted by Gasteiger charge is -2.20. The van der Waals surface area contributed by atoms with E-state index in [1.807, 2.05) is 24.3 Å². The minimum atomic E-state index is -0.252. The van der Waals surface area contributed by atoms with Crippen molar-refractivity contribution in [2.75, 3.05) is 23.3 Å². The first-order valence-corrected chi connectivity index (χ1v) is 8.65. The van der Waals surface area contributed by atoms with Crippen molar-refractivity contribution in [2.45, 2.75) is 25.7 Å². The molecule has 3 rings (SSSR count). The maximum Gasteiger partial charge on any atom is 0.275 e. The average molecular weight is 375 g/mol. The Morgan fingerprint density at radius 1 is 1.09 bits per heavy atom. The number of halogens is 1. The zero-order valence-corrected chi connectivity index (χ0v) is 14.4. The number of carbonyl (C=O) groups excluding carboxylic acids is 1. The Morgan fingerprint density at radius 2 is 1.87 bits per heavy atom. The summed E-state index contributed by atoms with van der Waals surface area (Å²) in [6, 6.07) is 7.46. The number of nitrogens with one attached hydrogen (secondary N) is 1. The Bertz CT molecular complexity index is 667. The van der Waals surface area contributed by atoms with Gasteiger partial charge < -0.3 is 10.2 Å². The van der Waals surface area contributed by atoms with Crippen LogP contribution in [-0.2, 0) is 0 Å². The summed E-state index contributed by atoms with van der Waals surface area (Å²) in [4.78, 5) is 23.2. The highest BCUT2D eigenvalue weighted by Gasteiger charge is 2.13. The predicted molar refractivity (Wildman–Crippen MR) is 94.8 cm³/mol. The number of hydrogen-bond donors (Lipinski definition) is 1. The van der Waals surface area contributed by atoms with E-state index in [0.29, 0.717) is 5.69 Å². The highest BCUT2D eigenvalue weighted by Crippen LogP contribution is 2.18. The minimum Gasteiger partial charge on any atom is -0.355 e. The highest BCUT2D eigenvalue weighted by molar-refractivity contribution is 9.10. The zero-order chi connectivity index (χ0) is 16.1. The third-order valence-corrected chi connectivity index (χ3v) is 4.38. The lowest BCUT2D eigenvalue weighted by atomic mass is 10.2. The number of benzene rings is 1. The molecule has 0 aliphatic carbocycles. The Hall–Kier alpha value is -1.95. The fraction of sp³-hybridized carbons (Fsp3) is 0.353. The Labute approximate surface area is 144 Å². The molecular weight excluding hydrogens is 356 g/mol. The summed E-state index contributed by atoms with van der Waals surface area (Å²) in [5.41, 5.74) is 1.05. The molecule has 1 aromatic heterocycles. The van der Waals surface area contributed by atoms with E-state index in [-0.39, 0.29) is 5.91 Å². The first kappa shape index (κ1) is 15.9. The molecule has 0 bridgehead atoms. The largest absolute Gasteiger partial charge is 0.355 e. The van der Waals surface area contributed by atoms with E-state index in [4.69, 9.17) is 0 Å². The van der Waals surface area contributed by atoms with Crippen LogP contribution in [0.25, 0.3) is 0 Å². The molecular formula is C17H19BrN4O. The second-order valence-corrected chi connectivity index (χ2v) is 6.54. The molecule has 2 aromatic rings. The molecule has 0 radical (unpaired) electrons. The maximum atomic E-state index is 12.2. The third-order valence-electron chi connectivity index (χ3n) is 3.88. The van der Waals surface area contributed by atoms with Crippen LogP contribution in [0, 0.1) is 0 Å². The topological polar surface area (TPSA) is 58.1 Å². The summed E-state index contributed by atoms with van der Waals surface area (Å²) < 4.78 is 0.915. The quantitative estimate of drug-likeness (QED) is 0.885. The monoisotopic (exact) mass is 374 g/mol. The van der Waals surface area contributed by atoms with Crippen LogP contribution in [0.15, 0.2) is 41.1 Å². The van der Waals surface area contributed by atoms with Gasteiger partial charge in [0, 0.05) is 23.2 Å². The van der Waals surface area contributed by atoms with E-state index in [1.165, 1.54) is 25.7 Å². The van der Waals surface area contributed by atoms with Crippen molar-refractivity contribution in [1.82, 2.24) is 9.97 Å². The molecule has 23 heavy (non-hydrogen) atoms. The normalized spacial score (nSPS) is 15.1. The molecule has 1 aliphatic heterocycles. The molecule has 1 aliphatic rings. The van der Waals surface area contributed by atoms with Crippen molar-refractivity contribution in [2.24, 2.45) is 0 Å². The smallest absolute Gasteiger partial charge is 0.275 e. The second kappa shape index (κ2) is 7.55. The molecule has 2 heterocycles. The average Bonchev–Trinajstić information content (AvgIpc) is 2.84. The molecule has 0 saturated carbocycles. The van der Waals surface area contributed by atoms with Gasteiger partial charge in [-0.25, -0.2) is 9.97 Å². The number of rotatable bonds is 3. The molecule has 120 valence electrons. The van der Waals surface area contributed by atoms with Crippen molar-refractivity contribution in [3.63, 3.8) is 0 Å². The van der Waals surface area contributed by atoms with Crippen LogP contribution in [0.3, 0.4) is 0 Å². The van der Waals surface area contributed by atoms with Gasteiger partial charge in [-0.2, -0.15) is 0 Å². The van der Waals surface area contributed by atoms with E-state index in [0.717, 1.165) is 29.1 Å². The number of anilines is 2. The molecule has 0 unspecified atom stereocenters. The summed E-state index contributed by atoms with van der Waals surface area (Å²) in [5.74, 6) is 0.601. The van der Waals surface area contributed by atoms with Gasteiger partial charge >= 0.3 is 0 Å². The van der Waals surface area contributed by atoms with Crippen LogP contribution in [0.2, 0.25) is 0 Å². The minimum absolute atomic E-state index is 0.252. The molecule has 6 heteroatoms. The standard InChI is InChI=1S/C17H19BrN4O/c18-13-6-5-7-14(10-13)21-17(23)15-11-20-16(12-19-15)22-8-3-1-2-4-9-22/h5-7,10-12H,1-4,8-9H2,(H,21,23). The van der Waals surface area contributed by atoms with Crippen molar-refractivity contribution in [3.05, 3.63) is 46.8 Å². The first-order valence-electron chi connectivity index (χ1n) is 7.86. The number of amides is 1. The molecule has 1 N–H and O–H groups in total. The van der Waals surface area contributed by atoms with Crippen molar-refractivity contribution in [1.29, 1.82) is 0 Å².